The summed E-state index contributed by atoms with van der Waals surface area (Å²) in [6, 6.07) is 1.61. The zero-order valence-corrected chi connectivity index (χ0v) is 14.5. The van der Waals surface area contributed by atoms with Crippen LogP contribution in [0.3, 0.4) is 0 Å². The number of hydrogen-bond donors (Lipinski definition) is 3. The lowest BCUT2D eigenvalue weighted by Gasteiger charge is -2.07. The Morgan fingerprint density at radius 1 is 1.33 bits per heavy atom. The Morgan fingerprint density at radius 2 is 2.00 bits per heavy atom. The molecule has 8 heteroatoms. The Morgan fingerprint density at radius 3 is 2.56 bits per heavy atom. The number of halogens is 2. The molecule has 3 N–H and O–H groups in total. The summed E-state index contributed by atoms with van der Waals surface area (Å²) >= 11 is 9.83. The molecule has 18 heavy (non-hydrogen) atoms. The first-order valence-corrected chi connectivity index (χ1v) is 7.93. The molecule has 0 atom stereocenters. The van der Waals surface area contributed by atoms with Gasteiger partial charge in [-0.25, -0.2) is 0 Å². The molecule has 1 aromatic rings. The molecule has 1 aliphatic heterocycles. The highest BCUT2D eigenvalue weighted by Crippen LogP contribution is 2.38. The summed E-state index contributed by atoms with van der Waals surface area (Å²) in [4.78, 5) is 11.9. The summed E-state index contributed by atoms with van der Waals surface area (Å²) in [5.41, 5.74) is 0.476. The van der Waals surface area contributed by atoms with Crippen molar-refractivity contribution in [1.29, 1.82) is 0 Å². The van der Waals surface area contributed by atoms with Gasteiger partial charge in [0.05, 0.1) is 12.0 Å². The molecular formula is C10H5I2NO3S2. The van der Waals surface area contributed by atoms with Gasteiger partial charge in [0.2, 0.25) is 0 Å². The number of amides is 1. The second-order valence-corrected chi connectivity index (χ2v) is 7.27. The minimum absolute atomic E-state index is 0.0369. The van der Waals surface area contributed by atoms with Crippen LogP contribution in [0.15, 0.2) is 11.0 Å². The quantitative estimate of drug-likeness (QED) is 0.312. The van der Waals surface area contributed by atoms with Crippen LogP contribution in [0.5, 0.6) is 11.5 Å². The fourth-order valence-corrected chi connectivity index (χ4v) is 4.05. The third-order valence-electron chi connectivity index (χ3n) is 2.13. The van der Waals surface area contributed by atoms with Gasteiger partial charge in [-0.05, 0) is 57.3 Å². The van der Waals surface area contributed by atoms with Crippen molar-refractivity contribution in [3.8, 4) is 11.5 Å². The van der Waals surface area contributed by atoms with Crippen LogP contribution >= 0.6 is 69.2 Å². The predicted molar refractivity (Wildman–Crippen MR) is 91.5 cm³/mol. The zero-order chi connectivity index (χ0) is 13.4. The molecule has 0 aliphatic carbocycles. The SMILES string of the molecule is O=C1NC(=S)S/C1=C\c1cc(I)c(O)c(I)c1O. The largest absolute Gasteiger partial charge is 0.506 e. The Balaban J connectivity index is 2.50. The predicted octanol–water partition coefficient (Wildman–Crippen LogP) is 2.80. The van der Waals surface area contributed by atoms with E-state index >= 15 is 0 Å². The van der Waals surface area contributed by atoms with Crippen LogP contribution in [-0.2, 0) is 4.79 Å². The topological polar surface area (TPSA) is 69.6 Å². The Kier molecular flexibility index (Phi) is 4.39. The first kappa shape index (κ1) is 14.3. The van der Waals surface area contributed by atoms with E-state index in [4.69, 9.17) is 12.2 Å². The standard InChI is InChI=1S/C10H5I2NO3S2/c11-4-1-3(7(14)6(12)8(4)15)2-5-9(16)13-10(17)18-5/h1-2,14-15H,(H,13,16,17)/b5-2-. The average molecular weight is 505 g/mol. The van der Waals surface area contributed by atoms with E-state index in [0.717, 1.165) is 11.8 Å². The normalized spacial score (nSPS) is 17.3. The number of thiocarbonyl (C=S) groups is 1. The van der Waals surface area contributed by atoms with Gasteiger partial charge in [0.1, 0.15) is 15.8 Å². The smallest absolute Gasteiger partial charge is 0.263 e. The molecule has 1 saturated heterocycles. The Hall–Kier alpha value is -0.0700. The van der Waals surface area contributed by atoms with Crippen LogP contribution in [0.2, 0.25) is 0 Å². The van der Waals surface area contributed by atoms with Crippen LogP contribution in [0.25, 0.3) is 6.08 Å². The molecule has 2 rings (SSSR count). The molecule has 0 saturated carbocycles. The molecule has 1 heterocycles. The monoisotopic (exact) mass is 505 g/mol. The Labute approximate surface area is 140 Å². The van der Waals surface area contributed by atoms with E-state index in [2.05, 4.69) is 5.32 Å². The van der Waals surface area contributed by atoms with Gasteiger partial charge in [-0.1, -0.05) is 24.0 Å². The number of phenols is 2. The molecule has 4 nitrogen and oxygen atoms in total. The number of thioether (sulfide) groups is 1. The zero-order valence-electron chi connectivity index (χ0n) is 8.53. The molecule has 1 fully saturated rings. The molecule has 0 unspecified atom stereocenters. The molecule has 0 radical (unpaired) electrons. The van der Waals surface area contributed by atoms with Crippen molar-refractivity contribution in [2.75, 3.05) is 0 Å². The van der Waals surface area contributed by atoms with Crippen LogP contribution < -0.4 is 5.32 Å². The van der Waals surface area contributed by atoms with Gasteiger partial charge in [0.15, 0.2) is 0 Å². The van der Waals surface area contributed by atoms with Crippen LogP contribution in [0.4, 0.5) is 0 Å². The lowest BCUT2D eigenvalue weighted by Crippen LogP contribution is -2.17. The fourth-order valence-electron chi connectivity index (χ4n) is 1.29. The van der Waals surface area contributed by atoms with Crippen molar-refractivity contribution >= 4 is 85.5 Å². The van der Waals surface area contributed by atoms with Gasteiger partial charge in [0, 0.05) is 5.56 Å². The van der Waals surface area contributed by atoms with Crippen molar-refractivity contribution in [3.05, 3.63) is 23.7 Å². The number of carbonyl (C=O) groups excluding carboxylic acids is 1. The maximum Gasteiger partial charge on any atom is 0.263 e. The maximum absolute atomic E-state index is 11.5. The lowest BCUT2D eigenvalue weighted by atomic mass is 10.1. The van der Waals surface area contributed by atoms with E-state index in [0.29, 0.717) is 21.9 Å². The lowest BCUT2D eigenvalue weighted by molar-refractivity contribution is -0.115. The van der Waals surface area contributed by atoms with E-state index in [1.165, 1.54) is 0 Å². The number of aromatic hydroxyl groups is 2. The van der Waals surface area contributed by atoms with Crippen molar-refractivity contribution in [3.63, 3.8) is 0 Å². The highest BCUT2D eigenvalue weighted by atomic mass is 127. The fraction of sp³-hybridized carbons (Fsp3) is 0. The number of phenolic OH excluding ortho intramolecular Hbond substituents is 2. The molecule has 1 amide bonds. The third-order valence-corrected chi connectivity index (χ3v) is 5.13. The van der Waals surface area contributed by atoms with Crippen molar-refractivity contribution in [2.24, 2.45) is 0 Å². The van der Waals surface area contributed by atoms with Crippen molar-refractivity contribution < 1.29 is 15.0 Å². The number of benzene rings is 1. The van der Waals surface area contributed by atoms with Gasteiger partial charge in [-0.2, -0.15) is 0 Å². The minimum atomic E-state index is -0.275. The number of rotatable bonds is 1. The van der Waals surface area contributed by atoms with E-state index in [1.54, 1.807) is 12.1 Å². The van der Waals surface area contributed by atoms with Crippen LogP contribution in [0.1, 0.15) is 5.56 Å². The summed E-state index contributed by atoms with van der Waals surface area (Å²) in [5, 5.41) is 22.1. The summed E-state index contributed by atoms with van der Waals surface area (Å²) in [7, 11) is 0. The molecule has 1 aliphatic rings. The molecule has 94 valence electrons. The van der Waals surface area contributed by atoms with Gasteiger partial charge in [-0.3, -0.25) is 4.79 Å². The second kappa shape index (κ2) is 5.51. The van der Waals surface area contributed by atoms with Gasteiger partial charge in [-0.15, -0.1) is 0 Å². The molecule has 1 aromatic carbocycles. The van der Waals surface area contributed by atoms with E-state index < -0.39 is 0 Å². The molecule has 0 aromatic heterocycles. The Bertz CT molecular complexity index is 601. The van der Waals surface area contributed by atoms with E-state index in [1.807, 2.05) is 45.2 Å². The van der Waals surface area contributed by atoms with Gasteiger partial charge in [0.25, 0.3) is 5.91 Å². The maximum atomic E-state index is 11.5. The first-order valence-electron chi connectivity index (χ1n) is 4.55. The van der Waals surface area contributed by atoms with Gasteiger partial charge < -0.3 is 15.5 Å². The highest BCUT2D eigenvalue weighted by molar-refractivity contribution is 14.1. The highest BCUT2D eigenvalue weighted by Gasteiger charge is 2.23. The van der Waals surface area contributed by atoms with E-state index in [9.17, 15) is 15.0 Å². The van der Waals surface area contributed by atoms with Gasteiger partial charge >= 0.3 is 0 Å². The third kappa shape index (κ3) is 2.75. The average Bonchev–Trinajstić information content (AvgIpc) is 2.62. The van der Waals surface area contributed by atoms with E-state index in [-0.39, 0.29) is 17.4 Å². The summed E-state index contributed by atoms with van der Waals surface area (Å²) in [6.45, 7) is 0. The van der Waals surface area contributed by atoms with Crippen molar-refractivity contribution in [2.45, 2.75) is 0 Å². The second-order valence-electron chi connectivity index (χ2n) is 3.31. The molecule has 0 spiro atoms. The minimum Gasteiger partial charge on any atom is -0.506 e. The summed E-state index contributed by atoms with van der Waals surface area (Å²) in [5.74, 6) is -0.287. The number of nitrogens with one attached hydrogen (secondary N) is 1. The first-order chi connectivity index (χ1) is 8.40. The van der Waals surface area contributed by atoms with Crippen LogP contribution in [0, 0.1) is 7.14 Å². The molecular weight excluding hydrogens is 500 g/mol. The number of hydrogen-bond acceptors (Lipinski definition) is 5. The summed E-state index contributed by atoms with van der Waals surface area (Å²) in [6.07, 6.45) is 1.55. The summed E-state index contributed by atoms with van der Waals surface area (Å²) < 4.78 is 1.36. The van der Waals surface area contributed by atoms with Crippen molar-refractivity contribution in [1.82, 2.24) is 5.32 Å². The molecule has 0 bridgehead atoms. The van der Waals surface area contributed by atoms with Crippen LogP contribution in [-0.4, -0.2) is 20.4 Å². The number of carbonyl (C=O) groups is 1.